The molecule has 20 heavy (non-hydrogen) atoms. The average molecular weight is 283 g/mol. The van der Waals surface area contributed by atoms with Crippen molar-refractivity contribution in [3.05, 3.63) is 0 Å². The van der Waals surface area contributed by atoms with Crippen LogP contribution in [-0.2, 0) is 9.59 Å². The Bertz CT molecular complexity index is 433. The molecule has 1 heterocycles. The van der Waals surface area contributed by atoms with E-state index in [2.05, 4.69) is 25.9 Å². The number of nitrogens with one attached hydrogen (secondary N) is 3. The van der Waals surface area contributed by atoms with Crippen LogP contribution in [0.3, 0.4) is 0 Å². The fourth-order valence-corrected chi connectivity index (χ4v) is 1.61. The third-order valence-electron chi connectivity index (χ3n) is 2.70. The van der Waals surface area contributed by atoms with E-state index in [9.17, 15) is 14.7 Å². The zero-order valence-corrected chi connectivity index (χ0v) is 11.9. The molecule has 0 aromatic heterocycles. The van der Waals surface area contributed by atoms with E-state index in [1.165, 1.54) is 6.92 Å². The summed E-state index contributed by atoms with van der Waals surface area (Å²) in [6, 6.07) is -0.676. The molecule has 0 spiro atoms. The Morgan fingerprint density at radius 1 is 1.60 bits per heavy atom. The Kier molecular flexibility index (Phi) is 6.26. The third kappa shape index (κ3) is 5.06. The minimum Gasteiger partial charge on any atom is -0.387 e. The largest absolute Gasteiger partial charge is 0.387 e. The number of hydrogen-bond donors (Lipinski definition) is 4. The number of aliphatic hydroxyl groups is 1. The quantitative estimate of drug-likeness (QED) is 0.507. The first-order valence-electron chi connectivity index (χ1n) is 6.52. The predicted molar refractivity (Wildman–Crippen MR) is 75.5 cm³/mol. The van der Waals surface area contributed by atoms with Gasteiger partial charge in [0.05, 0.1) is 18.5 Å². The first-order valence-corrected chi connectivity index (χ1v) is 6.52. The molecule has 1 rings (SSSR count). The molecule has 1 aliphatic rings. The Labute approximate surface area is 117 Å². The van der Waals surface area contributed by atoms with Crippen LogP contribution in [-0.4, -0.2) is 54.0 Å². The lowest BCUT2D eigenvalue weighted by molar-refractivity contribution is -0.120. The van der Waals surface area contributed by atoms with E-state index in [-0.39, 0.29) is 24.4 Å². The summed E-state index contributed by atoms with van der Waals surface area (Å²) in [5.41, 5.74) is 0.522. The van der Waals surface area contributed by atoms with Crippen molar-refractivity contribution >= 4 is 23.5 Å². The Balaban J connectivity index is 2.86. The summed E-state index contributed by atoms with van der Waals surface area (Å²) >= 11 is 0. The van der Waals surface area contributed by atoms with Gasteiger partial charge in [0.2, 0.25) is 11.9 Å². The molecule has 0 radical (unpaired) electrons. The number of rotatable bonds is 2. The second kappa shape index (κ2) is 7.71. The molecule has 0 bridgehead atoms. The molecule has 4 N–H and O–H groups in total. The molecule has 2 atom stereocenters. The van der Waals surface area contributed by atoms with E-state index < -0.39 is 12.1 Å². The first kappa shape index (κ1) is 16.3. The minimum atomic E-state index is -0.684. The second-order valence-electron chi connectivity index (χ2n) is 4.48. The van der Waals surface area contributed by atoms with Gasteiger partial charge in [-0.2, -0.15) is 0 Å². The van der Waals surface area contributed by atoms with Gasteiger partial charge in [-0.05, 0) is 13.3 Å². The number of amides is 2. The van der Waals surface area contributed by atoms with Crippen LogP contribution in [0.15, 0.2) is 9.98 Å². The highest BCUT2D eigenvalue weighted by Crippen LogP contribution is 2.00. The maximum Gasteiger partial charge on any atom is 0.251 e. The summed E-state index contributed by atoms with van der Waals surface area (Å²) in [5.74, 6) is -0.615. The molecular formula is C12H21N5O3. The van der Waals surface area contributed by atoms with Crippen LogP contribution in [0, 0.1) is 0 Å². The molecule has 8 nitrogen and oxygen atoms in total. The van der Waals surface area contributed by atoms with Gasteiger partial charge in [-0.1, -0.05) is 6.92 Å². The fraction of sp³-hybridized carbons (Fsp3) is 0.667. The number of guanidine groups is 1. The normalized spacial score (nSPS) is 27.4. The maximum atomic E-state index is 11.9. The van der Waals surface area contributed by atoms with E-state index in [4.69, 9.17) is 0 Å². The molecule has 2 unspecified atom stereocenters. The molecule has 0 aromatic carbocycles. The minimum absolute atomic E-state index is 0.0940. The van der Waals surface area contributed by atoms with Crippen molar-refractivity contribution in [2.45, 2.75) is 39.3 Å². The summed E-state index contributed by atoms with van der Waals surface area (Å²) in [5, 5.41) is 17.8. The van der Waals surface area contributed by atoms with E-state index in [1.807, 2.05) is 6.92 Å². The highest BCUT2D eigenvalue weighted by atomic mass is 16.3. The molecule has 0 fully saturated rings. The highest BCUT2D eigenvalue weighted by Gasteiger charge is 2.19. The zero-order chi connectivity index (χ0) is 15.1. The monoisotopic (exact) mass is 283 g/mol. The molecule has 8 heteroatoms. The van der Waals surface area contributed by atoms with Crippen molar-refractivity contribution in [2.75, 3.05) is 13.2 Å². The standard InChI is InChI=1S/C12H21N5O3/c1-4-10(19)9-5-13-6-14-12(16-8(3)18)17-11(20)7(2)15-9/h7,10,13,19H,4-6H2,1-3H3,(H2,14,16,17,18,20)/b15-9+. The van der Waals surface area contributed by atoms with Crippen molar-refractivity contribution in [3.63, 3.8) is 0 Å². The van der Waals surface area contributed by atoms with Crippen LogP contribution >= 0.6 is 0 Å². The predicted octanol–water partition coefficient (Wildman–Crippen LogP) is -1.24. The van der Waals surface area contributed by atoms with Crippen LogP contribution in [0.5, 0.6) is 0 Å². The Hall–Kier alpha value is -1.80. The average Bonchev–Trinajstić information content (AvgIpc) is 2.39. The lowest BCUT2D eigenvalue weighted by atomic mass is 10.1. The van der Waals surface area contributed by atoms with Crippen molar-refractivity contribution in [1.82, 2.24) is 16.0 Å². The number of aliphatic hydroxyl groups excluding tert-OH is 1. The number of aliphatic imine (C=N–C) groups is 2. The van der Waals surface area contributed by atoms with Crippen molar-refractivity contribution < 1.29 is 14.7 Å². The van der Waals surface area contributed by atoms with Gasteiger partial charge >= 0.3 is 0 Å². The number of nitrogens with zero attached hydrogens (tertiary/aromatic N) is 2. The molecule has 0 saturated heterocycles. The van der Waals surface area contributed by atoms with Crippen LogP contribution in [0.4, 0.5) is 0 Å². The molecule has 1 aliphatic heterocycles. The summed E-state index contributed by atoms with van der Waals surface area (Å²) in [6.45, 7) is 5.32. The molecule has 0 aromatic rings. The van der Waals surface area contributed by atoms with Crippen LogP contribution in [0.2, 0.25) is 0 Å². The Morgan fingerprint density at radius 2 is 2.30 bits per heavy atom. The second-order valence-corrected chi connectivity index (χ2v) is 4.48. The lowest BCUT2D eigenvalue weighted by Crippen LogP contribution is -2.48. The third-order valence-corrected chi connectivity index (χ3v) is 2.70. The smallest absolute Gasteiger partial charge is 0.251 e. The number of hydrogen-bond acceptors (Lipinski definition) is 6. The van der Waals surface area contributed by atoms with E-state index >= 15 is 0 Å². The van der Waals surface area contributed by atoms with Gasteiger partial charge in [0.1, 0.15) is 6.04 Å². The first-order chi connectivity index (χ1) is 9.43. The van der Waals surface area contributed by atoms with Gasteiger partial charge in [0, 0.05) is 13.5 Å². The molecule has 0 aliphatic carbocycles. The maximum absolute atomic E-state index is 11.9. The fourth-order valence-electron chi connectivity index (χ4n) is 1.61. The molecular weight excluding hydrogens is 262 g/mol. The van der Waals surface area contributed by atoms with Gasteiger partial charge in [-0.15, -0.1) is 0 Å². The SMILES string of the molecule is CCC(O)/C1=N/C(C)C(=O)N/C(NC(C)=O)=N\CNC1. The summed E-state index contributed by atoms with van der Waals surface area (Å²) in [4.78, 5) is 31.2. The summed E-state index contributed by atoms with van der Waals surface area (Å²) in [6.07, 6.45) is -0.161. The van der Waals surface area contributed by atoms with Crippen LogP contribution in [0.1, 0.15) is 27.2 Å². The summed E-state index contributed by atoms with van der Waals surface area (Å²) in [7, 11) is 0. The van der Waals surface area contributed by atoms with E-state index in [1.54, 1.807) is 6.92 Å². The van der Waals surface area contributed by atoms with Crippen molar-refractivity contribution in [3.8, 4) is 0 Å². The van der Waals surface area contributed by atoms with E-state index in [0.717, 1.165) is 0 Å². The van der Waals surface area contributed by atoms with E-state index in [0.29, 0.717) is 18.7 Å². The van der Waals surface area contributed by atoms with Crippen LogP contribution in [0.25, 0.3) is 0 Å². The van der Waals surface area contributed by atoms with Crippen molar-refractivity contribution in [1.29, 1.82) is 0 Å². The topological polar surface area (TPSA) is 115 Å². The molecule has 0 saturated carbocycles. The van der Waals surface area contributed by atoms with Gasteiger partial charge in [0.15, 0.2) is 0 Å². The molecule has 112 valence electrons. The van der Waals surface area contributed by atoms with Crippen LogP contribution < -0.4 is 16.0 Å². The summed E-state index contributed by atoms with van der Waals surface area (Å²) < 4.78 is 0. The molecule has 2 amide bonds. The van der Waals surface area contributed by atoms with Gasteiger partial charge in [0.25, 0.3) is 5.91 Å². The van der Waals surface area contributed by atoms with Gasteiger partial charge in [-0.3, -0.25) is 30.5 Å². The van der Waals surface area contributed by atoms with Gasteiger partial charge < -0.3 is 5.11 Å². The highest BCUT2D eigenvalue weighted by molar-refractivity contribution is 6.06. The Morgan fingerprint density at radius 3 is 2.90 bits per heavy atom. The lowest BCUT2D eigenvalue weighted by Gasteiger charge is -2.18. The van der Waals surface area contributed by atoms with Gasteiger partial charge in [-0.25, -0.2) is 4.99 Å². The van der Waals surface area contributed by atoms with Crippen molar-refractivity contribution in [2.24, 2.45) is 9.98 Å². The number of carbonyl (C=O) groups excluding carboxylic acids is 2. The number of carbonyl (C=O) groups is 2. The zero-order valence-electron chi connectivity index (χ0n) is 11.9.